The van der Waals surface area contributed by atoms with E-state index in [1.54, 1.807) is 0 Å². The molecule has 3 nitrogen and oxygen atoms in total. The predicted molar refractivity (Wildman–Crippen MR) is 96.7 cm³/mol. The van der Waals surface area contributed by atoms with E-state index >= 15 is 0 Å². The van der Waals surface area contributed by atoms with Crippen molar-refractivity contribution >= 4 is 27.3 Å². The molecule has 4 unspecified atom stereocenters. The van der Waals surface area contributed by atoms with E-state index in [9.17, 15) is 0 Å². The minimum atomic E-state index is 0.678. The van der Waals surface area contributed by atoms with Gasteiger partial charge in [-0.1, -0.05) is 13.0 Å². The lowest BCUT2D eigenvalue weighted by Gasteiger charge is -2.19. The number of aliphatic imine (C=N–C) groups is 1. The Bertz CT molecular complexity index is 778. The SMILES string of the molecule is CC1CCC(c2ccc3sc(C4CN5CCC4C5)nc3c2)=NC1. The molecule has 1 aromatic carbocycles. The maximum atomic E-state index is 5.02. The van der Waals surface area contributed by atoms with Crippen LogP contribution in [0.25, 0.3) is 10.2 Å². The van der Waals surface area contributed by atoms with Crippen LogP contribution in [-0.4, -0.2) is 41.8 Å². The fourth-order valence-electron chi connectivity index (χ4n) is 4.40. The Morgan fingerprint density at radius 3 is 2.91 bits per heavy atom. The number of aromatic nitrogens is 1. The van der Waals surface area contributed by atoms with Gasteiger partial charge in [-0.15, -0.1) is 11.3 Å². The Labute approximate surface area is 141 Å². The summed E-state index contributed by atoms with van der Waals surface area (Å²) in [6.07, 6.45) is 3.74. The first-order valence-electron chi connectivity index (χ1n) is 8.93. The zero-order chi connectivity index (χ0) is 15.4. The van der Waals surface area contributed by atoms with Crippen LogP contribution in [0.4, 0.5) is 0 Å². The Morgan fingerprint density at radius 1 is 1.22 bits per heavy atom. The van der Waals surface area contributed by atoms with Crippen LogP contribution in [0, 0.1) is 11.8 Å². The molecule has 1 aromatic heterocycles. The molecule has 4 heteroatoms. The first kappa shape index (κ1) is 14.1. The number of hydrogen-bond acceptors (Lipinski definition) is 4. The van der Waals surface area contributed by atoms with Crippen LogP contribution in [0.1, 0.15) is 42.7 Å². The molecular formula is C19H23N3S. The van der Waals surface area contributed by atoms with E-state index in [0.717, 1.165) is 24.8 Å². The number of hydrogen-bond donors (Lipinski definition) is 0. The van der Waals surface area contributed by atoms with E-state index in [1.807, 2.05) is 11.3 Å². The second-order valence-corrected chi connectivity index (χ2v) is 8.64. The average molecular weight is 325 g/mol. The summed E-state index contributed by atoms with van der Waals surface area (Å²) in [5.74, 6) is 2.26. The molecule has 2 bridgehead atoms. The van der Waals surface area contributed by atoms with E-state index < -0.39 is 0 Å². The standard InChI is InChI=1S/C19H23N3S/c1-12-2-4-16(20-9-12)13-3-5-18-17(8-13)21-19(23-18)15-11-22-7-6-14(15)10-22/h3,5,8,12,14-15H,2,4,6-7,9-11H2,1H3. The zero-order valence-electron chi connectivity index (χ0n) is 13.7. The van der Waals surface area contributed by atoms with Crippen molar-refractivity contribution in [2.75, 3.05) is 26.2 Å². The Balaban J connectivity index is 1.47. The molecule has 0 amide bonds. The van der Waals surface area contributed by atoms with Crippen molar-refractivity contribution in [2.45, 2.75) is 32.1 Å². The molecule has 5 rings (SSSR count). The highest BCUT2D eigenvalue weighted by Gasteiger charge is 2.40. The molecule has 2 aromatic rings. The summed E-state index contributed by atoms with van der Waals surface area (Å²) in [6, 6.07) is 6.79. The van der Waals surface area contributed by atoms with Crippen LogP contribution in [0.15, 0.2) is 23.2 Å². The van der Waals surface area contributed by atoms with E-state index in [-0.39, 0.29) is 0 Å². The van der Waals surface area contributed by atoms with E-state index in [1.165, 1.54) is 59.0 Å². The van der Waals surface area contributed by atoms with Gasteiger partial charge < -0.3 is 4.90 Å². The van der Waals surface area contributed by atoms with Gasteiger partial charge in [0.2, 0.25) is 0 Å². The highest BCUT2D eigenvalue weighted by Crippen LogP contribution is 2.42. The molecular weight excluding hydrogens is 302 g/mol. The van der Waals surface area contributed by atoms with Crippen LogP contribution in [0.2, 0.25) is 0 Å². The highest BCUT2D eigenvalue weighted by atomic mass is 32.1. The van der Waals surface area contributed by atoms with Crippen molar-refractivity contribution in [3.63, 3.8) is 0 Å². The lowest BCUT2D eigenvalue weighted by atomic mass is 9.93. The van der Waals surface area contributed by atoms with Crippen molar-refractivity contribution < 1.29 is 0 Å². The molecule has 2 fully saturated rings. The summed E-state index contributed by atoms with van der Waals surface area (Å²) in [6.45, 7) is 7.09. The molecule has 0 N–H and O–H groups in total. The smallest absolute Gasteiger partial charge is 0.0985 e. The summed E-state index contributed by atoms with van der Waals surface area (Å²) in [5.41, 5.74) is 3.75. The third-order valence-corrected chi connectivity index (χ3v) is 7.02. The van der Waals surface area contributed by atoms with Crippen LogP contribution in [0.3, 0.4) is 0 Å². The van der Waals surface area contributed by atoms with Gasteiger partial charge in [0, 0.05) is 31.3 Å². The van der Waals surface area contributed by atoms with Gasteiger partial charge in [0.25, 0.3) is 0 Å². The molecule has 2 saturated heterocycles. The third kappa shape index (κ3) is 2.43. The fourth-order valence-corrected chi connectivity index (χ4v) is 5.54. The summed E-state index contributed by atoms with van der Waals surface area (Å²) >= 11 is 1.91. The monoisotopic (exact) mass is 325 g/mol. The Hall–Kier alpha value is -1.26. The summed E-state index contributed by atoms with van der Waals surface area (Å²) in [5, 5.41) is 1.36. The molecule has 3 aliphatic heterocycles. The minimum absolute atomic E-state index is 0.678. The van der Waals surface area contributed by atoms with Crippen LogP contribution in [0.5, 0.6) is 0 Å². The summed E-state index contributed by atoms with van der Waals surface area (Å²) in [4.78, 5) is 12.4. The van der Waals surface area contributed by atoms with Crippen LogP contribution < -0.4 is 0 Å². The summed E-state index contributed by atoms with van der Waals surface area (Å²) < 4.78 is 1.34. The first-order valence-corrected chi connectivity index (χ1v) is 9.74. The van der Waals surface area contributed by atoms with Gasteiger partial charge in [-0.25, -0.2) is 4.98 Å². The second-order valence-electron chi connectivity index (χ2n) is 7.58. The zero-order valence-corrected chi connectivity index (χ0v) is 14.5. The van der Waals surface area contributed by atoms with Gasteiger partial charge in [0.05, 0.1) is 15.2 Å². The van der Waals surface area contributed by atoms with E-state index in [4.69, 9.17) is 9.98 Å². The predicted octanol–water partition coefficient (Wildman–Crippen LogP) is 3.93. The van der Waals surface area contributed by atoms with Crippen LogP contribution >= 0.6 is 11.3 Å². The maximum absolute atomic E-state index is 5.02. The molecule has 120 valence electrons. The number of piperidine rings is 1. The molecule has 3 aliphatic rings. The van der Waals surface area contributed by atoms with Gasteiger partial charge in [-0.05, 0) is 55.3 Å². The maximum Gasteiger partial charge on any atom is 0.0985 e. The largest absolute Gasteiger partial charge is 0.302 e. The van der Waals surface area contributed by atoms with Crippen molar-refractivity contribution in [3.8, 4) is 0 Å². The van der Waals surface area contributed by atoms with Crippen molar-refractivity contribution in [1.82, 2.24) is 9.88 Å². The average Bonchev–Trinajstić information content (AvgIpc) is 3.29. The molecule has 0 spiro atoms. The van der Waals surface area contributed by atoms with Gasteiger partial charge >= 0.3 is 0 Å². The van der Waals surface area contributed by atoms with Gasteiger partial charge in [-0.3, -0.25) is 4.99 Å². The highest BCUT2D eigenvalue weighted by molar-refractivity contribution is 7.18. The Kier molecular flexibility index (Phi) is 3.30. The molecule has 23 heavy (non-hydrogen) atoms. The molecule has 4 atom stereocenters. The molecule has 4 heterocycles. The Morgan fingerprint density at radius 2 is 2.17 bits per heavy atom. The second kappa shape index (κ2) is 5.38. The topological polar surface area (TPSA) is 28.5 Å². The fraction of sp³-hybridized carbons (Fsp3) is 0.579. The molecule has 0 radical (unpaired) electrons. The lowest BCUT2D eigenvalue weighted by molar-refractivity contribution is 0.346. The number of benzene rings is 1. The number of nitrogens with zero attached hydrogens (tertiary/aromatic N) is 3. The van der Waals surface area contributed by atoms with E-state index in [0.29, 0.717) is 5.92 Å². The quantitative estimate of drug-likeness (QED) is 0.837. The van der Waals surface area contributed by atoms with E-state index in [2.05, 4.69) is 30.0 Å². The van der Waals surface area contributed by atoms with Gasteiger partial charge in [0.15, 0.2) is 0 Å². The summed E-state index contributed by atoms with van der Waals surface area (Å²) in [7, 11) is 0. The normalized spacial score (nSPS) is 33.3. The molecule has 0 aliphatic carbocycles. The number of fused-ring (bicyclic) bond motifs is 3. The van der Waals surface area contributed by atoms with Gasteiger partial charge in [0.1, 0.15) is 0 Å². The minimum Gasteiger partial charge on any atom is -0.302 e. The number of thiazole rings is 1. The third-order valence-electron chi connectivity index (χ3n) is 5.86. The van der Waals surface area contributed by atoms with Gasteiger partial charge in [-0.2, -0.15) is 0 Å². The number of rotatable bonds is 2. The van der Waals surface area contributed by atoms with Crippen molar-refractivity contribution in [1.29, 1.82) is 0 Å². The van der Waals surface area contributed by atoms with Crippen molar-refractivity contribution in [2.24, 2.45) is 16.8 Å². The van der Waals surface area contributed by atoms with Crippen molar-refractivity contribution in [3.05, 3.63) is 28.8 Å². The van der Waals surface area contributed by atoms with Crippen LogP contribution in [-0.2, 0) is 0 Å². The first-order chi connectivity index (χ1) is 11.3. The molecule has 0 saturated carbocycles. The lowest BCUT2D eigenvalue weighted by Crippen LogP contribution is -2.21.